The summed E-state index contributed by atoms with van der Waals surface area (Å²) in [6, 6.07) is 14.0. The Labute approximate surface area is 169 Å². The number of nitrogen functional groups attached to an aromatic ring is 1. The fourth-order valence-electron chi connectivity index (χ4n) is 3.33. The van der Waals surface area contributed by atoms with Gasteiger partial charge in [0.25, 0.3) is 0 Å². The number of pyridine rings is 1. The maximum Gasteiger partial charge on any atom is 0.180 e. The second-order valence-corrected chi connectivity index (χ2v) is 7.89. The lowest BCUT2D eigenvalue weighted by Gasteiger charge is -2.17. The molecule has 2 aromatic heterocycles. The molecule has 1 aliphatic heterocycles. The number of nitrogens with zero attached hydrogens (tertiary/aromatic N) is 3. The van der Waals surface area contributed by atoms with E-state index in [1.165, 1.54) is 10.6 Å². The molecule has 3 aromatic rings. The van der Waals surface area contributed by atoms with Gasteiger partial charge in [-0.1, -0.05) is 36.4 Å². The van der Waals surface area contributed by atoms with Crippen molar-refractivity contribution < 1.29 is 4.74 Å². The van der Waals surface area contributed by atoms with Gasteiger partial charge in [0, 0.05) is 42.7 Å². The van der Waals surface area contributed by atoms with Gasteiger partial charge in [-0.05, 0) is 24.6 Å². The molecule has 0 saturated carbocycles. The Kier molecular flexibility index (Phi) is 5.99. The number of fused-ring (bicyclic) bond motifs is 1. The van der Waals surface area contributed by atoms with Gasteiger partial charge in [-0.2, -0.15) is 0 Å². The van der Waals surface area contributed by atoms with Crippen LogP contribution in [-0.4, -0.2) is 34.5 Å². The second kappa shape index (κ2) is 8.99. The first-order valence-electron chi connectivity index (χ1n) is 9.52. The molecule has 5 nitrogen and oxygen atoms in total. The predicted octanol–water partition coefficient (Wildman–Crippen LogP) is 3.81. The molecular weight excluding hydrogens is 368 g/mol. The quantitative estimate of drug-likeness (QED) is 0.691. The molecule has 1 aromatic carbocycles. The molecular formula is C22H24N4OS. The van der Waals surface area contributed by atoms with Crippen molar-refractivity contribution in [2.75, 3.05) is 25.4 Å². The molecule has 28 heavy (non-hydrogen) atoms. The number of hydrogen-bond acceptors (Lipinski definition) is 6. The number of nitrogens with two attached hydrogens (primary N) is 1. The van der Waals surface area contributed by atoms with E-state index in [0.29, 0.717) is 11.7 Å². The number of aromatic nitrogens is 2. The van der Waals surface area contributed by atoms with Crippen LogP contribution in [0.25, 0.3) is 6.08 Å². The van der Waals surface area contributed by atoms with E-state index in [9.17, 15) is 0 Å². The molecule has 0 amide bonds. The number of para-hydroxylation sites is 1. The lowest BCUT2D eigenvalue weighted by molar-refractivity contribution is 0.300. The monoisotopic (exact) mass is 392 g/mol. The van der Waals surface area contributed by atoms with Gasteiger partial charge < -0.3 is 10.5 Å². The minimum atomic E-state index is 0.469. The fourth-order valence-corrected chi connectivity index (χ4v) is 4.19. The third-order valence-corrected chi connectivity index (χ3v) is 5.78. The van der Waals surface area contributed by atoms with Crippen molar-refractivity contribution in [2.24, 2.45) is 0 Å². The summed E-state index contributed by atoms with van der Waals surface area (Å²) in [6.07, 6.45) is 8.14. The molecule has 0 aliphatic carbocycles. The first kappa shape index (κ1) is 18.7. The lowest BCUT2D eigenvalue weighted by atomic mass is 10.2. The summed E-state index contributed by atoms with van der Waals surface area (Å²) in [5, 5.41) is 0.695. The molecule has 0 radical (unpaired) electrons. The average Bonchev–Trinajstić information content (AvgIpc) is 2.98. The molecule has 6 heteroatoms. The molecule has 144 valence electrons. The molecule has 0 bridgehead atoms. The van der Waals surface area contributed by atoms with E-state index in [0.717, 1.165) is 49.5 Å². The molecule has 0 unspecified atom stereocenters. The summed E-state index contributed by atoms with van der Waals surface area (Å²) in [5.74, 6) is 0.877. The van der Waals surface area contributed by atoms with Gasteiger partial charge in [-0.25, -0.2) is 4.98 Å². The van der Waals surface area contributed by atoms with Crippen LogP contribution in [0, 0.1) is 0 Å². The van der Waals surface area contributed by atoms with Crippen molar-refractivity contribution in [3.05, 3.63) is 76.6 Å². The van der Waals surface area contributed by atoms with Gasteiger partial charge >= 0.3 is 0 Å². The number of benzene rings is 1. The number of thiazole rings is 1. The normalized spacial score (nSPS) is 14.7. The Hall–Kier alpha value is -2.70. The highest BCUT2D eigenvalue weighted by Crippen LogP contribution is 2.24. The van der Waals surface area contributed by atoms with Crippen LogP contribution in [0.3, 0.4) is 0 Å². The van der Waals surface area contributed by atoms with Crippen molar-refractivity contribution in [1.29, 1.82) is 0 Å². The Morgan fingerprint density at radius 1 is 1.11 bits per heavy atom. The third kappa shape index (κ3) is 4.77. The lowest BCUT2D eigenvalue weighted by Crippen LogP contribution is -2.26. The standard InChI is InChI=1S/C22H24N4OS/c23-22-25-19-10-14-26(15-11-21(19)28-22)13-5-7-17-6-1-2-9-20(17)27-16-18-8-3-4-12-24-18/h1-9,12H,10-11,13-16H2,(H2,23,25)/b7-5+. The van der Waals surface area contributed by atoms with E-state index in [1.54, 1.807) is 17.5 Å². The minimum Gasteiger partial charge on any atom is -0.487 e. The van der Waals surface area contributed by atoms with Gasteiger partial charge in [0.2, 0.25) is 0 Å². The molecule has 0 fully saturated rings. The maximum atomic E-state index is 5.98. The van der Waals surface area contributed by atoms with Crippen LogP contribution < -0.4 is 10.5 Å². The minimum absolute atomic E-state index is 0.469. The van der Waals surface area contributed by atoms with Crippen LogP contribution in [0.1, 0.15) is 21.8 Å². The predicted molar refractivity (Wildman–Crippen MR) is 114 cm³/mol. The van der Waals surface area contributed by atoms with Crippen LogP contribution in [0.4, 0.5) is 5.13 Å². The number of rotatable bonds is 6. The Morgan fingerprint density at radius 2 is 1.96 bits per heavy atom. The molecule has 0 spiro atoms. The summed E-state index contributed by atoms with van der Waals surface area (Å²) in [4.78, 5) is 12.6. The zero-order valence-corrected chi connectivity index (χ0v) is 16.6. The van der Waals surface area contributed by atoms with Crippen LogP contribution in [0.15, 0.2) is 54.7 Å². The first-order chi connectivity index (χ1) is 13.8. The zero-order chi connectivity index (χ0) is 19.2. The van der Waals surface area contributed by atoms with E-state index in [4.69, 9.17) is 10.5 Å². The number of hydrogen-bond donors (Lipinski definition) is 1. The SMILES string of the molecule is Nc1nc2c(s1)CCN(C/C=C/c1ccccc1OCc1ccccn1)CC2. The Balaban J connectivity index is 1.34. The van der Waals surface area contributed by atoms with E-state index in [2.05, 4.69) is 33.1 Å². The molecule has 2 N–H and O–H groups in total. The summed E-state index contributed by atoms with van der Waals surface area (Å²) in [6.45, 7) is 3.44. The Morgan fingerprint density at radius 3 is 2.86 bits per heavy atom. The number of anilines is 1. The maximum absolute atomic E-state index is 5.98. The summed E-state index contributed by atoms with van der Waals surface area (Å²) in [5.41, 5.74) is 9.02. The van der Waals surface area contributed by atoms with Crippen LogP contribution in [0.5, 0.6) is 5.75 Å². The number of ether oxygens (including phenoxy) is 1. The summed E-state index contributed by atoms with van der Waals surface area (Å²) >= 11 is 1.63. The molecule has 0 saturated heterocycles. The average molecular weight is 393 g/mol. The highest BCUT2D eigenvalue weighted by molar-refractivity contribution is 7.15. The molecule has 3 heterocycles. The first-order valence-corrected chi connectivity index (χ1v) is 10.3. The Bertz CT molecular complexity index is 913. The van der Waals surface area contributed by atoms with Gasteiger partial charge in [0.15, 0.2) is 5.13 Å². The molecule has 0 atom stereocenters. The largest absolute Gasteiger partial charge is 0.487 e. The fraction of sp³-hybridized carbons (Fsp3) is 0.273. The summed E-state index contributed by atoms with van der Waals surface area (Å²) in [7, 11) is 0. The van der Waals surface area contributed by atoms with E-state index in [-0.39, 0.29) is 0 Å². The smallest absolute Gasteiger partial charge is 0.180 e. The van der Waals surface area contributed by atoms with Crippen LogP contribution in [-0.2, 0) is 19.4 Å². The topological polar surface area (TPSA) is 64.3 Å². The van der Waals surface area contributed by atoms with Gasteiger partial charge in [-0.15, -0.1) is 11.3 Å². The highest BCUT2D eigenvalue weighted by atomic mass is 32.1. The van der Waals surface area contributed by atoms with Gasteiger partial charge in [0.05, 0.1) is 11.4 Å². The van der Waals surface area contributed by atoms with Gasteiger partial charge in [-0.3, -0.25) is 9.88 Å². The van der Waals surface area contributed by atoms with Crippen molar-refractivity contribution >= 4 is 22.5 Å². The zero-order valence-electron chi connectivity index (χ0n) is 15.8. The van der Waals surface area contributed by atoms with Gasteiger partial charge in [0.1, 0.15) is 12.4 Å². The molecule has 1 aliphatic rings. The molecule has 4 rings (SSSR count). The summed E-state index contributed by atoms with van der Waals surface area (Å²) < 4.78 is 5.98. The van der Waals surface area contributed by atoms with Crippen molar-refractivity contribution in [3.8, 4) is 5.75 Å². The van der Waals surface area contributed by atoms with Crippen LogP contribution in [0.2, 0.25) is 0 Å². The van der Waals surface area contributed by atoms with Crippen LogP contribution >= 0.6 is 11.3 Å². The van der Waals surface area contributed by atoms with Crippen molar-refractivity contribution in [2.45, 2.75) is 19.4 Å². The van der Waals surface area contributed by atoms with Crippen molar-refractivity contribution in [1.82, 2.24) is 14.9 Å². The van der Waals surface area contributed by atoms with E-state index in [1.807, 2.05) is 36.4 Å². The van der Waals surface area contributed by atoms with E-state index >= 15 is 0 Å². The second-order valence-electron chi connectivity index (χ2n) is 6.77. The van der Waals surface area contributed by atoms with Crippen molar-refractivity contribution in [3.63, 3.8) is 0 Å². The highest BCUT2D eigenvalue weighted by Gasteiger charge is 2.16. The van der Waals surface area contributed by atoms with E-state index < -0.39 is 0 Å². The third-order valence-electron chi connectivity index (χ3n) is 4.80.